The molecule has 0 radical (unpaired) electrons. The van der Waals surface area contributed by atoms with Crippen molar-refractivity contribution in [2.75, 3.05) is 7.04 Å². The molecular weight excluding hydrogens is 194 g/mol. The van der Waals surface area contributed by atoms with Gasteiger partial charge in [-0.05, 0) is 12.4 Å². The van der Waals surface area contributed by atoms with Gasteiger partial charge in [-0.1, -0.05) is 15.9 Å². The van der Waals surface area contributed by atoms with Crippen LogP contribution in [0.4, 0.5) is 0 Å². The summed E-state index contributed by atoms with van der Waals surface area (Å²) >= 11 is 3.03. The molecule has 0 aliphatic heterocycles. The SMILES string of the molecule is [2H]C([2H])([2H])Oc1cc(Br)c(C([2H])([2H])[2H])cn1. The van der Waals surface area contributed by atoms with Gasteiger partial charge < -0.3 is 4.74 Å². The monoisotopic (exact) mass is 207 g/mol. The highest BCUT2D eigenvalue weighted by atomic mass is 79.9. The fraction of sp³-hybridized carbons (Fsp3) is 0.286. The average molecular weight is 208 g/mol. The van der Waals surface area contributed by atoms with Crippen LogP contribution in [0.3, 0.4) is 0 Å². The van der Waals surface area contributed by atoms with Crippen molar-refractivity contribution in [3.05, 3.63) is 22.3 Å². The van der Waals surface area contributed by atoms with Crippen LogP contribution in [0.5, 0.6) is 5.88 Å². The fourth-order valence-electron chi connectivity index (χ4n) is 0.469. The van der Waals surface area contributed by atoms with E-state index in [1.165, 1.54) is 6.07 Å². The van der Waals surface area contributed by atoms with Gasteiger partial charge in [0, 0.05) is 20.8 Å². The Balaban J connectivity index is 3.01. The zero-order valence-corrected chi connectivity index (χ0v) is 6.47. The molecule has 1 aromatic rings. The fourth-order valence-corrected chi connectivity index (χ4v) is 0.767. The van der Waals surface area contributed by atoms with E-state index >= 15 is 0 Å². The highest BCUT2D eigenvalue weighted by molar-refractivity contribution is 9.10. The van der Waals surface area contributed by atoms with Gasteiger partial charge in [0.15, 0.2) is 0 Å². The number of aromatic nitrogens is 1. The molecule has 0 atom stereocenters. The van der Waals surface area contributed by atoms with E-state index in [2.05, 4.69) is 25.7 Å². The van der Waals surface area contributed by atoms with Crippen LogP contribution in [0.25, 0.3) is 0 Å². The molecule has 0 unspecified atom stereocenters. The molecule has 0 spiro atoms. The second-order valence-corrected chi connectivity index (χ2v) is 2.46. The van der Waals surface area contributed by atoms with Crippen molar-refractivity contribution in [1.82, 2.24) is 4.98 Å². The Kier molecular flexibility index (Phi) is 0.848. The second-order valence-electron chi connectivity index (χ2n) is 1.60. The van der Waals surface area contributed by atoms with Crippen LogP contribution >= 0.6 is 15.9 Å². The predicted octanol–water partition coefficient (Wildman–Crippen LogP) is 2.16. The minimum Gasteiger partial charge on any atom is -0.481 e. The standard InChI is InChI=1S/C7H8BrNO/c1-5-4-9-7(10-2)3-6(5)8/h3-4H,1-2H3/i1D3,2D3. The quantitative estimate of drug-likeness (QED) is 0.705. The molecule has 3 heteroatoms. The summed E-state index contributed by atoms with van der Waals surface area (Å²) < 4.78 is 46.9. The lowest BCUT2D eigenvalue weighted by Gasteiger charge is -1.99. The van der Waals surface area contributed by atoms with Crippen LogP contribution in [0.1, 0.15) is 13.8 Å². The van der Waals surface area contributed by atoms with E-state index in [0.29, 0.717) is 0 Å². The number of hydrogen-bond acceptors (Lipinski definition) is 2. The lowest BCUT2D eigenvalue weighted by molar-refractivity contribution is 0.397. The molecule has 0 saturated carbocycles. The number of rotatable bonds is 1. The Labute approximate surface area is 76.8 Å². The lowest BCUT2D eigenvalue weighted by atomic mass is 10.3. The van der Waals surface area contributed by atoms with Crippen LogP contribution < -0.4 is 4.74 Å². The van der Waals surface area contributed by atoms with Crippen LogP contribution in [0.15, 0.2) is 16.7 Å². The molecule has 54 valence electrons. The summed E-state index contributed by atoms with van der Waals surface area (Å²) in [6, 6.07) is 1.22. The van der Waals surface area contributed by atoms with Crippen molar-refractivity contribution in [2.24, 2.45) is 0 Å². The van der Waals surface area contributed by atoms with Crippen molar-refractivity contribution in [2.45, 2.75) is 6.85 Å². The van der Waals surface area contributed by atoms with Crippen LogP contribution in [-0.2, 0) is 0 Å². The van der Waals surface area contributed by atoms with Gasteiger partial charge in [0.2, 0.25) is 5.88 Å². The molecular formula is C7H8BrNO. The van der Waals surface area contributed by atoms with Gasteiger partial charge in [-0.15, -0.1) is 0 Å². The lowest BCUT2D eigenvalue weighted by Crippen LogP contribution is -1.87. The first-order chi connectivity index (χ1) is 7.09. The first-order valence-corrected chi connectivity index (χ1v) is 3.24. The molecule has 0 aliphatic rings. The topological polar surface area (TPSA) is 22.1 Å². The third-order valence-electron chi connectivity index (χ3n) is 0.933. The van der Waals surface area contributed by atoms with E-state index in [1.54, 1.807) is 0 Å². The largest absolute Gasteiger partial charge is 0.481 e. The molecule has 2 nitrogen and oxygen atoms in total. The molecule has 0 saturated heterocycles. The van der Waals surface area contributed by atoms with E-state index in [-0.39, 0.29) is 15.9 Å². The number of aryl methyl sites for hydroxylation is 1. The average Bonchev–Trinajstić information content (AvgIpc) is 1.97. The zero-order valence-electron chi connectivity index (χ0n) is 10.9. The summed E-state index contributed by atoms with van der Waals surface area (Å²) in [6.07, 6.45) is 1.07. The van der Waals surface area contributed by atoms with Crippen molar-refractivity contribution >= 4 is 15.9 Å². The number of methoxy groups -OCH3 is 1. The minimum atomic E-state index is -2.60. The molecule has 0 aromatic carbocycles. The summed E-state index contributed by atoms with van der Waals surface area (Å²) in [7, 11) is -2.60. The molecule has 0 fully saturated rings. The molecule has 0 aliphatic carbocycles. The van der Waals surface area contributed by atoms with Gasteiger partial charge >= 0.3 is 0 Å². The molecule has 1 heterocycles. The van der Waals surface area contributed by atoms with Gasteiger partial charge in [-0.25, -0.2) is 4.98 Å². The zero-order chi connectivity index (χ0) is 12.6. The van der Waals surface area contributed by atoms with Gasteiger partial charge in [0.25, 0.3) is 0 Å². The Morgan fingerprint density at radius 2 is 2.70 bits per heavy atom. The van der Waals surface area contributed by atoms with E-state index in [9.17, 15) is 0 Å². The van der Waals surface area contributed by atoms with E-state index in [4.69, 9.17) is 8.22 Å². The van der Waals surface area contributed by atoms with Gasteiger partial charge in [-0.3, -0.25) is 0 Å². The first kappa shape index (κ1) is 2.81. The number of pyridine rings is 1. The number of ether oxygens (including phenoxy) is 1. The highest BCUT2D eigenvalue weighted by Gasteiger charge is 1.96. The van der Waals surface area contributed by atoms with Crippen molar-refractivity contribution in [3.8, 4) is 5.88 Å². The molecule has 0 amide bonds. The van der Waals surface area contributed by atoms with Crippen LogP contribution in [0.2, 0.25) is 0 Å². The van der Waals surface area contributed by atoms with Crippen LogP contribution in [0, 0.1) is 6.85 Å². The van der Waals surface area contributed by atoms with Gasteiger partial charge in [0.1, 0.15) is 0 Å². The number of nitrogens with zero attached hydrogens (tertiary/aromatic N) is 1. The van der Waals surface area contributed by atoms with Crippen molar-refractivity contribution in [1.29, 1.82) is 0 Å². The minimum absolute atomic E-state index is 0.00499. The molecule has 1 rings (SSSR count). The van der Waals surface area contributed by atoms with Crippen LogP contribution in [-0.4, -0.2) is 12.0 Å². The molecule has 10 heavy (non-hydrogen) atoms. The smallest absolute Gasteiger partial charge is 0.214 e. The highest BCUT2D eigenvalue weighted by Crippen LogP contribution is 2.18. The number of hydrogen-bond donors (Lipinski definition) is 0. The summed E-state index contributed by atoms with van der Waals surface area (Å²) in [4.78, 5) is 3.62. The molecule has 0 N–H and O–H groups in total. The van der Waals surface area contributed by atoms with Gasteiger partial charge in [0.05, 0.1) is 11.2 Å². The summed E-state index contributed by atoms with van der Waals surface area (Å²) in [5, 5.41) is 0. The number of halogens is 1. The molecule has 1 aromatic heterocycles. The van der Waals surface area contributed by atoms with Gasteiger partial charge in [-0.2, -0.15) is 0 Å². The maximum absolute atomic E-state index is 7.18. The third-order valence-corrected chi connectivity index (χ3v) is 1.59. The predicted molar refractivity (Wildman–Crippen MR) is 43.2 cm³/mol. The Morgan fingerprint density at radius 3 is 3.30 bits per heavy atom. The summed E-state index contributed by atoms with van der Waals surface area (Å²) in [5.74, 6) is -0.153. The Hall–Kier alpha value is -0.570. The summed E-state index contributed by atoms with van der Waals surface area (Å²) in [6.45, 7) is -2.30. The van der Waals surface area contributed by atoms with E-state index in [1.807, 2.05) is 0 Å². The third kappa shape index (κ3) is 1.48. The second kappa shape index (κ2) is 3.01. The summed E-state index contributed by atoms with van der Waals surface area (Å²) in [5.41, 5.74) is 0.00499. The maximum atomic E-state index is 7.18. The van der Waals surface area contributed by atoms with Crippen molar-refractivity contribution < 1.29 is 13.0 Å². The molecule has 0 bridgehead atoms. The normalized spacial score (nSPS) is 20.9. The Bertz CT molecular complexity index is 387. The first-order valence-electron chi connectivity index (χ1n) is 5.45. The Morgan fingerprint density at radius 1 is 1.80 bits per heavy atom. The van der Waals surface area contributed by atoms with E-state index < -0.39 is 13.9 Å². The van der Waals surface area contributed by atoms with E-state index in [0.717, 1.165) is 6.20 Å². The maximum Gasteiger partial charge on any atom is 0.214 e. The van der Waals surface area contributed by atoms with Crippen molar-refractivity contribution in [3.63, 3.8) is 0 Å².